The highest BCUT2D eigenvalue weighted by Crippen LogP contribution is 2.19. The lowest BCUT2D eigenvalue weighted by atomic mass is 10.1. The lowest BCUT2D eigenvalue weighted by Crippen LogP contribution is -2.37. The molecule has 1 heterocycles. The van der Waals surface area contributed by atoms with Gasteiger partial charge in [-0.25, -0.2) is 9.18 Å². The number of rotatable bonds is 5. The number of fused-ring (bicyclic) bond motifs is 1. The zero-order valence-corrected chi connectivity index (χ0v) is 14.5. The number of hydrogen-bond donors (Lipinski definition) is 2. The van der Waals surface area contributed by atoms with Crippen LogP contribution in [0.4, 0.5) is 4.39 Å². The molecular weight excluding hydrogens is 335 g/mol. The number of para-hydroxylation sites is 1. The van der Waals surface area contributed by atoms with Crippen LogP contribution in [0.15, 0.2) is 54.7 Å². The average Bonchev–Trinajstić information content (AvgIpc) is 3.06. The van der Waals surface area contributed by atoms with Gasteiger partial charge in [0.05, 0.1) is 11.6 Å². The van der Waals surface area contributed by atoms with Crippen molar-refractivity contribution >= 4 is 22.8 Å². The van der Waals surface area contributed by atoms with E-state index in [1.165, 1.54) is 19.1 Å². The van der Waals surface area contributed by atoms with E-state index in [0.717, 1.165) is 16.5 Å². The average molecular weight is 354 g/mol. The molecule has 3 aromatic rings. The Bertz CT molecular complexity index is 934. The van der Waals surface area contributed by atoms with Crippen molar-refractivity contribution in [3.05, 3.63) is 71.7 Å². The smallest absolute Gasteiger partial charge is 0.341 e. The molecule has 2 aromatic carbocycles. The summed E-state index contributed by atoms with van der Waals surface area (Å²) in [5.74, 6) is -1.33. The quantitative estimate of drug-likeness (QED) is 0.686. The molecule has 0 radical (unpaired) electrons. The minimum Gasteiger partial charge on any atom is -0.449 e. The van der Waals surface area contributed by atoms with Gasteiger partial charge in [-0.1, -0.05) is 30.3 Å². The summed E-state index contributed by atoms with van der Waals surface area (Å²) < 4.78 is 18.3. The molecule has 0 saturated carbocycles. The number of esters is 1. The molecule has 5 nitrogen and oxygen atoms in total. The predicted octanol–water partition coefficient (Wildman–Crippen LogP) is 3.73. The molecule has 6 heteroatoms. The highest BCUT2D eigenvalue weighted by molar-refractivity contribution is 6.04. The Labute approximate surface area is 150 Å². The van der Waals surface area contributed by atoms with E-state index in [-0.39, 0.29) is 11.9 Å². The van der Waals surface area contributed by atoms with Gasteiger partial charge in [0.1, 0.15) is 5.82 Å². The van der Waals surface area contributed by atoms with Crippen LogP contribution >= 0.6 is 0 Å². The maximum atomic E-state index is 13.0. The number of aromatic amines is 1. The Balaban J connectivity index is 1.63. The van der Waals surface area contributed by atoms with Gasteiger partial charge < -0.3 is 15.0 Å². The Hall–Kier alpha value is -3.15. The zero-order valence-electron chi connectivity index (χ0n) is 14.5. The van der Waals surface area contributed by atoms with E-state index < -0.39 is 18.0 Å². The molecule has 0 aliphatic heterocycles. The van der Waals surface area contributed by atoms with Crippen LogP contribution < -0.4 is 5.32 Å². The number of halogens is 1. The van der Waals surface area contributed by atoms with Gasteiger partial charge in [-0.15, -0.1) is 0 Å². The van der Waals surface area contributed by atoms with Crippen LogP contribution in [-0.4, -0.2) is 23.0 Å². The SMILES string of the molecule is C[C@H](NC(=O)[C@@H](C)OC(=O)c1c[nH]c2ccccc12)c1ccc(F)cc1. The Morgan fingerprint density at radius 3 is 2.50 bits per heavy atom. The fourth-order valence-corrected chi connectivity index (χ4v) is 2.68. The largest absolute Gasteiger partial charge is 0.449 e. The van der Waals surface area contributed by atoms with Crippen molar-refractivity contribution in [2.24, 2.45) is 0 Å². The lowest BCUT2D eigenvalue weighted by molar-refractivity contribution is -0.129. The van der Waals surface area contributed by atoms with Crippen molar-refractivity contribution in [2.45, 2.75) is 26.0 Å². The second kappa shape index (κ2) is 7.39. The number of H-pyrrole nitrogens is 1. The first-order chi connectivity index (χ1) is 12.5. The summed E-state index contributed by atoms with van der Waals surface area (Å²) in [6.45, 7) is 3.29. The van der Waals surface area contributed by atoms with Crippen LogP contribution in [0.1, 0.15) is 35.8 Å². The molecule has 2 N–H and O–H groups in total. The van der Waals surface area contributed by atoms with E-state index in [0.29, 0.717) is 5.56 Å². The maximum Gasteiger partial charge on any atom is 0.341 e. The summed E-state index contributed by atoms with van der Waals surface area (Å²) >= 11 is 0. The third-order valence-electron chi connectivity index (χ3n) is 4.19. The van der Waals surface area contributed by atoms with Crippen LogP contribution in [0.25, 0.3) is 10.9 Å². The normalized spacial score (nSPS) is 13.2. The number of carbonyl (C=O) groups is 2. The molecule has 0 fully saturated rings. The number of amides is 1. The topological polar surface area (TPSA) is 71.2 Å². The summed E-state index contributed by atoms with van der Waals surface area (Å²) in [4.78, 5) is 27.7. The van der Waals surface area contributed by atoms with Gasteiger partial charge in [-0.2, -0.15) is 0 Å². The summed E-state index contributed by atoms with van der Waals surface area (Å²) in [6.07, 6.45) is 0.609. The van der Waals surface area contributed by atoms with Gasteiger partial charge in [-0.3, -0.25) is 4.79 Å². The highest BCUT2D eigenvalue weighted by Gasteiger charge is 2.22. The number of nitrogens with one attached hydrogen (secondary N) is 2. The molecule has 0 saturated heterocycles. The van der Waals surface area contributed by atoms with Crippen molar-refractivity contribution in [1.82, 2.24) is 10.3 Å². The third-order valence-corrected chi connectivity index (χ3v) is 4.19. The van der Waals surface area contributed by atoms with Gasteiger partial charge in [0.25, 0.3) is 5.91 Å². The second-order valence-electron chi connectivity index (χ2n) is 6.08. The first-order valence-electron chi connectivity index (χ1n) is 8.28. The Kier molecular flexibility index (Phi) is 5.02. The molecular formula is C20H19FN2O3. The molecule has 1 aromatic heterocycles. The monoisotopic (exact) mass is 354 g/mol. The number of aromatic nitrogens is 1. The number of carbonyl (C=O) groups excluding carboxylic acids is 2. The molecule has 0 spiro atoms. The fraction of sp³-hybridized carbons (Fsp3) is 0.200. The minimum absolute atomic E-state index is 0.336. The van der Waals surface area contributed by atoms with E-state index in [2.05, 4.69) is 10.3 Å². The summed E-state index contributed by atoms with van der Waals surface area (Å²) in [6, 6.07) is 12.9. The molecule has 3 rings (SSSR count). The number of hydrogen-bond acceptors (Lipinski definition) is 3. The van der Waals surface area contributed by atoms with E-state index in [9.17, 15) is 14.0 Å². The van der Waals surface area contributed by atoms with Crippen LogP contribution in [0, 0.1) is 5.82 Å². The van der Waals surface area contributed by atoms with Crippen LogP contribution in [0.5, 0.6) is 0 Å². The van der Waals surface area contributed by atoms with Crippen molar-refractivity contribution < 1.29 is 18.7 Å². The first-order valence-corrected chi connectivity index (χ1v) is 8.28. The molecule has 26 heavy (non-hydrogen) atoms. The van der Waals surface area contributed by atoms with Crippen molar-refractivity contribution in [1.29, 1.82) is 0 Å². The maximum absolute atomic E-state index is 13.0. The van der Waals surface area contributed by atoms with E-state index in [1.54, 1.807) is 25.3 Å². The van der Waals surface area contributed by atoms with Crippen molar-refractivity contribution in [2.75, 3.05) is 0 Å². The molecule has 2 atom stereocenters. The summed E-state index contributed by atoms with van der Waals surface area (Å²) in [5, 5.41) is 3.50. The molecule has 1 amide bonds. The van der Waals surface area contributed by atoms with E-state index in [4.69, 9.17) is 4.74 Å². The lowest BCUT2D eigenvalue weighted by Gasteiger charge is -2.18. The van der Waals surface area contributed by atoms with E-state index >= 15 is 0 Å². The predicted molar refractivity (Wildman–Crippen MR) is 96.1 cm³/mol. The number of benzene rings is 2. The van der Waals surface area contributed by atoms with Gasteiger partial charge in [0, 0.05) is 17.1 Å². The minimum atomic E-state index is -0.959. The molecule has 0 bridgehead atoms. The van der Waals surface area contributed by atoms with Crippen molar-refractivity contribution in [3.63, 3.8) is 0 Å². The van der Waals surface area contributed by atoms with Gasteiger partial charge in [0.15, 0.2) is 6.10 Å². The van der Waals surface area contributed by atoms with Crippen molar-refractivity contribution in [3.8, 4) is 0 Å². The molecule has 0 unspecified atom stereocenters. The van der Waals surface area contributed by atoms with E-state index in [1.807, 2.05) is 24.3 Å². The van der Waals surface area contributed by atoms with Crippen LogP contribution in [0.2, 0.25) is 0 Å². The highest BCUT2D eigenvalue weighted by atomic mass is 19.1. The van der Waals surface area contributed by atoms with Crippen LogP contribution in [-0.2, 0) is 9.53 Å². The van der Waals surface area contributed by atoms with Crippen LogP contribution in [0.3, 0.4) is 0 Å². The summed E-state index contributed by atoms with van der Waals surface area (Å²) in [7, 11) is 0. The Morgan fingerprint density at radius 1 is 1.08 bits per heavy atom. The third kappa shape index (κ3) is 3.74. The molecule has 134 valence electrons. The standard InChI is InChI=1S/C20H19FN2O3/c1-12(14-7-9-15(21)10-8-14)23-19(24)13(2)26-20(25)17-11-22-18-6-4-3-5-16(17)18/h3-13,22H,1-2H3,(H,23,24)/t12-,13+/m0/s1. The van der Waals surface area contributed by atoms with Gasteiger partial charge in [0.2, 0.25) is 0 Å². The number of ether oxygens (including phenoxy) is 1. The van der Waals surface area contributed by atoms with Gasteiger partial charge >= 0.3 is 5.97 Å². The second-order valence-corrected chi connectivity index (χ2v) is 6.08. The van der Waals surface area contributed by atoms with Gasteiger partial charge in [-0.05, 0) is 37.6 Å². The summed E-state index contributed by atoms with van der Waals surface area (Å²) in [5.41, 5.74) is 1.96. The fourth-order valence-electron chi connectivity index (χ4n) is 2.68. The Morgan fingerprint density at radius 2 is 1.77 bits per heavy atom. The first kappa shape index (κ1) is 17.7. The zero-order chi connectivity index (χ0) is 18.7. The molecule has 0 aliphatic rings. The molecule has 0 aliphatic carbocycles.